The van der Waals surface area contributed by atoms with Crippen LogP contribution in [-0.4, -0.2) is 73.5 Å². The lowest BCUT2D eigenvalue weighted by molar-refractivity contribution is 0.00444. The van der Waals surface area contributed by atoms with E-state index in [-0.39, 0.29) is 6.10 Å². The summed E-state index contributed by atoms with van der Waals surface area (Å²) in [5, 5.41) is 10.1. The fourth-order valence-corrected chi connectivity index (χ4v) is 2.68. The van der Waals surface area contributed by atoms with E-state index >= 15 is 0 Å². The summed E-state index contributed by atoms with van der Waals surface area (Å²) in [6.07, 6.45) is 2.36. The lowest BCUT2D eigenvalue weighted by Gasteiger charge is -2.34. The Morgan fingerprint density at radius 3 is 2.18 bits per heavy atom. The molecule has 1 atom stereocenters. The van der Waals surface area contributed by atoms with Crippen molar-refractivity contribution in [3.63, 3.8) is 0 Å². The molecule has 2 fully saturated rings. The fourth-order valence-electron chi connectivity index (χ4n) is 2.68. The molecule has 4 heteroatoms. The van der Waals surface area contributed by atoms with Gasteiger partial charge in [-0.1, -0.05) is 6.92 Å². The molecule has 0 amide bonds. The van der Waals surface area contributed by atoms with Crippen molar-refractivity contribution in [1.29, 1.82) is 0 Å². The number of ether oxygens (including phenoxy) is 1. The van der Waals surface area contributed by atoms with Crippen LogP contribution in [0.3, 0.4) is 0 Å². The lowest BCUT2D eigenvalue weighted by atomic mass is 9.99. The van der Waals surface area contributed by atoms with Crippen molar-refractivity contribution >= 4 is 0 Å². The van der Waals surface area contributed by atoms with Gasteiger partial charge in [0.15, 0.2) is 0 Å². The number of hydrogen-bond donors (Lipinski definition) is 1. The first kappa shape index (κ1) is 13.3. The first-order chi connectivity index (χ1) is 8.24. The van der Waals surface area contributed by atoms with Gasteiger partial charge in [-0.25, -0.2) is 0 Å². The minimum atomic E-state index is -0.207. The Morgan fingerprint density at radius 1 is 1.06 bits per heavy atom. The zero-order chi connectivity index (χ0) is 12.1. The molecule has 0 aromatic heterocycles. The monoisotopic (exact) mass is 242 g/mol. The molecule has 4 nitrogen and oxygen atoms in total. The molecule has 0 aromatic carbocycles. The molecule has 0 spiro atoms. The number of rotatable bonds is 4. The quantitative estimate of drug-likeness (QED) is 0.775. The second kappa shape index (κ2) is 6.69. The Kier molecular flexibility index (Phi) is 5.22. The molecule has 0 aromatic rings. The SMILES string of the molecule is CC1CCN(CC(O)CN2CCOCC2)CC1. The summed E-state index contributed by atoms with van der Waals surface area (Å²) in [6.45, 7) is 9.83. The smallest absolute Gasteiger partial charge is 0.0793 e. The average molecular weight is 242 g/mol. The summed E-state index contributed by atoms with van der Waals surface area (Å²) in [7, 11) is 0. The van der Waals surface area contributed by atoms with E-state index in [1.807, 2.05) is 0 Å². The summed E-state index contributed by atoms with van der Waals surface area (Å²) in [6, 6.07) is 0. The van der Waals surface area contributed by atoms with Crippen molar-refractivity contribution in [2.24, 2.45) is 5.92 Å². The van der Waals surface area contributed by atoms with Gasteiger partial charge >= 0.3 is 0 Å². The summed E-state index contributed by atoms with van der Waals surface area (Å²) in [5.41, 5.74) is 0. The van der Waals surface area contributed by atoms with Crippen molar-refractivity contribution in [2.45, 2.75) is 25.9 Å². The maximum absolute atomic E-state index is 10.1. The number of aliphatic hydroxyl groups is 1. The third-order valence-electron chi connectivity index (χ3n) is 3.92. The molecule has 0 bridgehead atoms. The van der Waals surface area contributed by atoms with Gasteiger partial charge in [0.1, 0.15) is 0 Å². The number of morpholine rings is 1. The highest BCUT2D eigenvalue weighted by atomic mass is 16.5. The van der Waals surface area contributed by atoms with Gasteiger partial charge in [-0.05, 0) is 31.8 Å². The molecule has 0 aliphatic carbocycles. The highest BCUT2D eigenvalue weighted by Crippen LogP contribution is 2.16. The van der Waals surface area contributed by atoms with Gasteiger partial charge in [0.2, 0.25) is 0 Å². The molecule has 2 rings (SSSR count). The Hall–Kier alpha value is -0.160. The first-order valence-electron chi connectivity index (χ1n) is 6.94. The van der Waals surface area contributed by atoms with Crippen molar-refractivity contribution in [1.82, 2.24) is 9.80 Å². The topological polar surface area (TPSA) is 35.9 Å². The van der Waals surface area contributed by atoms with Crippen molar-refractivity contribution < 1.29 is 9.84 Å². The highest BCUT2D eigenvalue weighted by Gasteiger charge is 2.20. The molecule has 2 heterocycles. The molecule has 2 aliphatic rings. The van der Waals surface area contributed by atoms with Gasteiger partial charge < -0.3 is 14.7 Å². The summed E-state index contributed by atoms with van der Waals surface area (Å²) >= 11 is 0. The van der Waals surface area contributed by atoms with Crippen LogP contribution in [0.4, 0.5) is 0 Å². The van der Waals surface area contributed by atoms with Crippen LogP contribution >= 0.6 is 0 Å². The second-order valence-corrected chi connectivity index (χ2v) is 5.55. The van der Waals surface area contributed by atoms with Crippen molar-refractivity contribution in [3.05, 3.63) is 0 Å². The van der Waals surface area contributed by atoms with Crippen LogP contribution in [0.25, 0.3) is 0 Å². The van der Waals surface area contributed by atoms with E-state index < -0.39 is 0 Å². The number of hydrogen-bond acceptors (Lipinski definition) is 4. The minimum absolute atomic E-state index is 0.207. The highest BCUT2D eigenvalue weighted by molar-refractivity contribution is 4.75. The fraction of sp³-hybridized carbons (Fsp3) is 1.00. The maximum atomic E-state index is 10.1. The van der Waals surface area contributed by atoms with Gasteiger partial charge in [-0.2, -0.15) is 0 Å². The number of β-amino-alcohol motifs (C(OH)–C–C–N with tert-alkyl or cyclic N) is 1. The van der Waals surface area contributed by atoms with E-state index in [4.69, 9.17) is 4.74 Å². The molecular formula is C13H26N2O2. The van der Waals surface area contributed by atoms with Gasteiger partial charge in [0, 0.05) is 26.2 Å². The molecule has 17 heavy (non-hydrogen) atoms. The zero-order valence-corrected chi connectivity index (χ0v) is 11.0. The Labute approximate surface area is 105 Å². The maximum Gasteiger partial charge on any atom is 0.0793 e. The zero-order valence-electron chi connectivity index (χ0n) is 11.0. The van der Waals surface area contributed by atoms with Crippen LogP contribution < -0.4 is 0 Å². The predicted molar refractivity (Wildman–Crippen MR) is 68.1 cm³/mol. The van der Waals surface area contributed by atoms with Gasteiger partial charge in [0.25, 0.3) is 0 Å². The van der Waals surface area contributed by atoms with Crippen LogP contribution in [0.2, 0.25) is 0 Å². The number of nitrogens with zero attached hydrogens (tertiary/aromatic N) is 2. The molecule has 0 radical (unpaired) electrons. The van der Waals surface area contributed by atoms with E-state index in [0.29, 0.717) is 0 Å². The largest absolute Gasteiger partial charge is 0.390 e. The van der Waals surface area contributed by atoms with Crippen LogP contribution in [0.5, 0.6) is 0 Å². The summed E-state index contributed by atoms with van der Waals surface area (Å²) < 4.78 is 5.31. The molecule has 2 aliphatic heterocycles. The standard InChI is InChI=1S/C13H26N2O2/c1-12-2-4-14(5-3-12)10-13(16)11-15-6-8-17-9-7-15/h12-13,16H,2-11H2,1H3. The van der Waals surface area contributed by atoms with Gasteiger partial charge in [-0.15, -0.1) is 0 Å². The van der Waals surface area contributed by atoms with E-state index in [9.17, 15) is 5.11 Å². The lowest BCUT2D eigenvalue weighted by Crippen LogP contribution is -2.46. The van der Waals surface area contributed by atoms with Crippen molar-refractivity contribution in [3.8, 4) is 0 Å². The molecule has 2 saturated heterocycles. The van der Waals surface area contributed by atoms with Crippen molar-refractivity contribution in [2.75, 3.05) is 52.5 Å². The van der Waals surface area contributed by atoms with E-state index in [1.54, 1.807) is 0 Å². The van der Waals surface area contributed by atoms with E-state index in [2.05, 4.69) is 16.7 Å². The molecule has 0 saturated carbocycles. The average Bonchev–Trinajstić information content (AvgIpc) is 2.33. The Morgan fingerprint density at radius 2 is 1.59 bits per heavy atom. The number of piperidine rings is 1. The Bertz CT molecular complexity index is 211. The summed E-state index contributed by atoms with van der Waals surface area (Å²) in [5.74, 6) is 0.864. The minimum Gasteiger partial charge on any atom is -0.390 e. The van der Waals surface area contributed by atoms with Crippen LogP contribution in [0.15, 0.2) is 0 Å². The van der Waals surface area contributed by atoms with Gasteiger partial charge in [0.05, 0.1) is 19.3 Å². The first-order valence-corrected chi connectivity index (χ1v) is 6.94. The van der Waals surface area contributed by atoms with Gasteiger partial charge in [-0.3, -0.25) is 4.90 Å². The third kappa shape index (κ3) is 4.54. The molecule has 100 valence electrons. The molecular weight excluding hydrogens is 216 g/mol. The van der Waals surface area contributed by atoms with Crippen LogP contribution in [0.1, 0.15) is 19.8 Å². The number of aliphatic hydroxyl groups excluding tert-OH is 1. The normalized spacial score (nSPS) is 27.2. The van der Waals surface area contributed by atoms with E-state index in [0.717, 1.165) is 58.4 Å². The predicted octanol–water partition coefficient (Wildman–Crippen LogP) is 0.411. The number of likely N-dealkylation sites (tertiary alicyclic amines) is 1. The van der Waals surface area contributed by atoms with Crippen LogP contribution in [0, 0.1) is 5.92 Å². The summed E-state index contributed by atoms with van der Waals surface area (Å²) in [4.78, 5) is 4.71. The Balaban J connectivity index is 1.64. The molecule has 1 unspecified atom stereocenters. The third-order valence-corrected chi connectivity index (χ3v) is 3.92. The van der Waals surface area contributed by atoms with Crippen LogP contribution in [-0.2, 0) is 4.74 Å². The molecule has 1 N–H and O–H groups in total. The van der Waals surface area contributed by atoms with E-state index in [1.165, 1.54) is 12.8 Å². The second-order valence-electron chi connectivity index (χ2n) is 5.55.